The zero-order valence-corrected chi connectivity index (χ0v) is 12.8. The van der Waals surface area contributed by atoms with Crippen LogP contribution in [0.4, 0.5) is 0 Å². The average molecular weight is 290 g/mol. The number of hydrogen-bond donors (Lipinski definition) is 0. The van der Waals surface area contributed by atoms with Gasteiger partial charge in [-0.3, -0.25) is 4.79 Å². The van der Waals surface area contributed by atoms with Crippen molar-refractivity contribution in [2.75, 3.05) is 0 Å². The molecule has 1 saturated heterocycles. The molecule has 1 saturated carbocycles. The van der Waals surface area contributed by atoms with Crippen molar-refractivity contribution >= 4 is 11.9 Å². The first-order chi connectivity index (χ1) is 9.82. The van der Waals surface area contributed by atoms with Gasteiger partial charge in [-0.15, -0.1) is 0 Å². The van der Waals surface area contributed by atoms with Crippen LogP contribution >= 0.6 is 0 Å². The van der Waals surface area contributed by atoms with E-state index in [1.165, 1.54) is 12.5 Å². The van der Waals surface area contributed by atoms with Gasteiger partial charge in [0.2, 0.25) is 0 Å². The molecule has 0 bridgehead atoms. The SMILES string of the molecule is C=C1C(=O)OC2C=C(C)C3CCC(C)(OC(C)=O)C3CC12. The van der Waals surface area contributed by atoms with Gasteiger partial charge in [-0.05, 0) is 45.1 Å². The lowest BCUT2D eigenvalue weighted by atomic mass is 9.78. The van der Waals surface area contributed by atoms with Gasteiger partial charge in [0.05, 0.1) is 0 Å². The minimum atomic E-state index is -0.452. The zero-order chi connectivity index (χ0) is 15.4. The number of rotatable bonds is 1. The standard InChI is InChI=1S/C17H22O4/c1-9-7-15-13(10(2)16(19)20-15)8-14-12(9)5-6-17(14,4)21-11(3)18/h7,12-15H,2,5-6,8H2,1,3-4H3. The smallest absolute Gasteiger partial charge is 0.334 e. The number of hydrogen-bond acceptors (Lipinski definition) is 4. The Bertz CT molecular complexity index is 547. The molecule has 4 nitrogen and oxygen atoms in total. The number of carbonyl (C=O) groups is 2. The van der Waals surface area contributed by atoms with E-state index in [-0.39, 0.29) is 29.9 Å². The van der Waals surface area contributed by atoms with Crippen LogP contribution in [-0.2, 0) is 19.1 Å². The molecular weight excluding hydrogens is 268 g/mol. The third kappa shape index (κ3) is 2.21. The number of allylic oxidation sites excluding steroid dienone is 1. The van der Waals surface area contributed by atoms with Gasteiger partial charge >= 0.3 is 11.9 Å². The monoisotopic (exact) mass is 290 g/mol. The summed E-state index contributed by atoms with van der Waals surface area (Å²) in [4.78, 5) is 23.2. The van der Waals surface area contributed by atoms with E-state index in [9.17, 15) is 9.59 Å². The highest BCUT2D eigenvalue weighted by Gasteiger charge is 2.53. The first-order valence-corrected chi connectivity index (χ1v) is 7.59. The van der Waals surface area contributed by atoms with Gasteiger partial charge in [0.15, 0.2) is 0 Å². The van der Waals surface area contributed by atoms with E-state index in [0.717, 1.165) is 19.3 Å². The zero-order valence-electron chi connectivity index (χ0n) is 12.8. The number of fused-ring (bicyclic) bond motifs is 2. The second kappa shape index (κ2) is 4.72. The van der Waals surface area contributed by atoms with E-state index in [1.54, 1.807) is 0 Å². The van der Waals surface area contributed by atoms with E-state index >= 15 is 0 Å². The number of esters is 2. The van der Waals surface area contributed by atoms with E-state index in [1.807, 2.05) is 6.92 Å². The molecule has 114 valence electrons. The number of ether oxygens (including phenoxy) is 2. The van der Waals surface area contributed by atoms with Crippen LogP contribution in [0.15, 0.2) is 23.8 Å². The second-order valence-corrected chi connectivity index (χ2v) is 6.81. The highest BCUT2D eigenvalue weighted by atomic mass is 16.6. The molecule has 3 rings (SSSR count). The Balaban J connectivity index is 1.95. The first kappa shape index (κ1) is 14.4. The molecule has 2 fully saturated rings. The molecule has 0 aromatic rings. The fourth-order valence-electron chi connectivity index (χ4n) is 4.38. The van der Waals surface area contributed by atoms with E-state index in [2.05, 4.69) is 19.6 Å². The van der Waals surface area contributed by atoms with E-state index in [4.69, 9.17) is 9.47 Å². The molecule has 0 aromatic heterocycles. The van der Waals surface area contributed by atoms with Crippen LogP contribution in [0, 0.1) is 17.8 Å². The molecule has 0 amide bonds. The fraction of sp³-hybridized carbons (Fsp3) is 0.647. The molecule has 4 heteroatoms. The van der Waals surface area contributed by atoms with Crippen molar-refractivity contribution < 1.29 is 19.1 Å². The summed E-state index contributed by atoms with van der Waals surface area (Å²) in [6, 6.07) is 0. The van der Waals surface area contributed by atoms with Gasteiger partial charge < -0.3 is 9.47 Å². The largest absolute Gasteiger partial charge is 0.459 e. The van der Waals surface area contributed by atoms with Crippen LogP contribution in [0.2, 0.25) is 0 Å². The molecule has 0 N–H and O–H groups in total. The molecule has 0 spiro atoms. The van der Waals surface area contributed by atoms with Crippen molar-refractivity contribution in [1.82, 2.24) is 0 Å². The maximum absolute atomic E-state index is 11.8. The van der Waals surface area contributed by atoms with Crippen molar-refractivity contribution in [3.63, 3.8) is 0 Å². The molecule has 0 aromatic carbocycles. The van der Waals surface area contributed by atoms with Gasteiger partial charge in [0, 0.05) is 24.3 Å². The van der Waals surface area contributed by atoms with Crippen molar-refractivity contribution in [2.24, 2.45) is 17.8 Å². The van der Waals surface area contributed by atoms with Crippen LogP contribution in [0.5, 0.6) is 0 Å². The quantitative estimate of drug-likeness (QED) is 0.423. The minimum Gasteiger partial charge on any atom is -0.459 e. The summed E-state index contributed by atoms with van der Waals surface area (Å²) >= 11 is 0. The molecular formula is C17H22O4. The predicted molar refractivity (Wildman–Crippen MR) is 77.3 cm³/mol. The van der Waals surface area contributed by atoms with Crippen molar-refractivity contribution in [2.45, 2.75) is 51.7 Å². The normalized spacial score (nSPS) is 41.8. The molecule has 5 unspecified atom stereocenters. The van der Waals surface area contributed by atoms with Crippen molar-refractivity contribution in [3.8, 4) is 0 Å². The van der Waals surface area contributed by atoms with Crippen LogP contribution in [0.3, 0.4) is 0 Å². The van der Waals surface area contributed by atoms with Crippen LogP contribution in [0.1, 0.15) is 40.0 Å². The minimum absolute atomic E-state index is 0.00966. The lowest BCUT2D eigenvalue weighted by molar-refractivity contribution is -0.160. The summed E-state index contributed by atoms with van der Waals surface area (Å²) in [6.45, 7) is 9.47. The van der Waals surface area contributed by atoms with Crippen LogP contribution in [0.25, 0.3) is 0 Å². The predicted octanol–water partition coefficient (Wildman–Crippen LogP) is 2.78. The maximum Gasteiger partial charge on any atom is 0.334 e. The third-order valence-corrected chi connectivity index (χ3v) is 5.47. The Morgan fingerprint density at radius 3 is 2.86 bits per heavy atom. The highest BCUT2D eigenvalue weighted by Crippen LogP contribution is 2.52. The Kier molecular flexibility index (Phi) is 3.23. The Labute approximate surface area is 125 Å². The van der Waals surface area contributed by atoms with E-state index < -0.39 is 5.60 Å². The molecule has 1 heterocycles. The molecule has 1 aliphatic heterocycles. The molecule has 0 radical (unpaired) electrons. The van der Waals surface area contributed by atoms with Gasteiger partial charge in [-0.1, -0.05) is 12.2 Å². The lowest BCUT2D eigenvalue weighted by Gasteiger charge is -2.34. The fourth-order valence-corrected chi connectivity index (χ4v) is 4.38. The topological polar surface area (TPSA) is 52.6 Å². The summed E-state index contributed by atoms with van der Waals surface area (Å²) in [5.74, 6) is 0.0959. The summed E-state index contributed by atoms with van der Waals surface area (Å²) in [7, 11) is 0. The number of carbonyl (C=O) groups excluding carboxylic acids is 2. The second-order valence-electron chi connectivity index (χ2n) is 6.81. The Morgan fingerprint density at radius 1 is 1.48 bits per heavy atom. The average Bonchev–Trinajstić information content (AvgIpc) is 2.76. The van der Waals surface area contributed by atoms with Crippen molar-refractivity contribution in [1.29, 1.82) is 0 Å². The highest BCUT2D eigenvalue weighted by molar-refractivity contribution is 5.91. The third-order valence-electron chi connectivity index (χ3n) is 5.47. The summed E-state index contributed by atoms with van der Waals surface area (Å²) in [5.41, 5.74) is 1.35. The summed E-state index contributed by atoms with van der Waals surface area (Å²) in [6.07, 6.45) is 4.54. The molecule has 3 aliphatic rings. The van der Waals surface area contributed by atoms with Crippen LogP contribution < -0.4 is 0 Å². The van der Waals surface area contributed by atoms with Crippen molar-refractivity contribution in [3.05, 3.63) is 23.8 Å². The van der Waals surface area contributed by atoms with Gasteiger partial charge in [0.25, 0.3) is 0 Å². The summed E-state index contributed by atoms with van der Waals surface area (Å²) in [5, 5.41) is 0. The lowest BCUT2D eigenvalue weighted by Crippen LogP contribution is -2.38. The maximum atomic E-state index is 11.8. The van der Waals surface area contributed by atoms with Gasteiger partial charge in [0.1, 0.15) is 11.7 Å². The van der Waals surface area contributed by atoms with Gasteiger partial charge in [-0.2, -0.15) is 0 Å². The summed E-state index contributed by atoms with van der Waals surface area (Å²) < 4.78 is 11.1. The van der Waals surface area contributed by atoms with Gasteiger partial charge in [-0.25, -0.2) is 4.79 Å². The molecule has 5 atom stereocenters. The van der Waals surface area contributed by atoms with Crippen LogP contribution in [-0.4, -0.2) is 23.6 Å². The van der Waals surface area contributed by atoms with E-state index in [0.29, 0.717) is 11.5 Å². The first-order valence-electron chi connectivity index (χ1n) is 7.59. The Hall–Kier alpha value is -1.58. The molecule has 21 heavy (non-hydrogen) atoms. The molecule has 2 aliphatic carbocycles. The Morgan fingerprint density at radius 2 is 2.19 bits per heavy atom.